The van der Waals surface area contributed by atoms with E-state index in [0.717, 1.165) is 61.4 Å². The average Bonchev–Trinajstić information content (AvgIpc) is 3.88. The van der Waals surface area contributed by atoms with Gasteiger partial charge in [-0.2, -0.15) is 0 Å². The summed E-state index contributed by atoms with van der Waals surface area (Å²) in [5, 5.41) is 4.79. The van der Waals surface area contributed by atoms with Crippen LogP contribution < -0.4 is 4.90 Å². The molecule has 10 aromatic rings. The molecule has 3 nitrogen and oxygen atoms in total. The Morgan fingerprint density at radius 3 is 1.64 bits per heavy atom. The van der Waals surface area contributed by atoms with Gasteiger partial charge in [0.1, 0.15) is 11.2 Å². The predicted octanol–water partition coefficient (Wildman–Crippen LogP) is 15.8. The monoisotopic (exact) mass is 780 g/mol. The Labute approximate surface area is 354 Å². The van der Waals surface area contributed by atoms with Crippen molar-refractivity contribution in [2.24, 2.45) is 11.8 Å². The lowest BCUT2D eigenvalue weighted by molar-refractivity contribution is 0.670. The summed E-state index contributed by atoms with van der Waals surface area (Å²) >= 11 is 0. The van der Waals surface area contributed by atoms with Crippen LogP contribution in [0.25, 0.3) is 77.3 Å². The Morgan fingerprint density at radius 1 is 0.410 bits per heavy atom. The summed E-state index contributed by atoms with van der Waals surface area (Å²) < 4.78 is 8.85. The zero-order chi connectivity index (χ0) is 40.3. The summed E-state index contributed by atoms with van der Waals surface area (Å²) in [6.45, 7) is 0. The van der Waals surface area contributed by atoms with Crippen LogP contribution in [0.5, 0.6) is 0 Å². The first kappa shape index (κ1) is 35.1. The molecular weight excluding hydrogens is 741 g/mol. The fourth-order valence-electron chi connectivity index (χ4n) is 9.71. The van der Waals surface area contributed by atoms with Crippen LogP contribution in [-0.4, -0.2) is 4.57 Å². The Balaban J connectivity index is 0.947. The van der Waals surface area contributed by atoms with Crippen molar-refractivity contribution in [1.82, 2.24) is 4.57 Å². The number of nitrogens with zero attached hydrogens (tertiary/aromatic N) is 2. The molecule has 61 heavy (non-hydrogen) atoms. The molecule has 2 atom stereocenters. The number of allylic oxidation sites excluding steroid dienone is 8. The number of rotatable bonds is 7. The summed E-state index contributed by atoms with van der Waals surface area (Å²) in [5.74, 6) is 0.738. The minimum Gasteiger partial charge on any atom is -0.455 e. The minimum atomic E-state index is 0.346. The third-order valence-electron chi connectivity index (χ3n) is 12.6. The largest absolute Gasteiger partial charge is 0.455 e. The summed E-state index contributed by atoms with van der Waals surface area (Å²) in [7, 11) is 0. The van der Waals surface area contributed by atoms with Crippen molar-refractivity contribution >= 4 is 66.4 Å². The van der Waals surface area contributed by atoms with Gasteiger partial charge in [-0.05, 0) is 82.9 Å². The third-order valence-corrected chi connectivity index (χ3v) is 12.6. The number of fused-ring (bicyclic) bond motifs is 7. The first-order chi connectivity index (χ1) is 30.3. The molecule has 8 aromatic carbocycles. The molecule has 0 fully saturated rings. The molecule has 0 saturated carbocycles. The van der Waals surface area contributed by atoms with Gasteiger partial charge in [0.25, 0.3) is 0 Å². The zero-order valence-corrected chi connectivity index (χ0v) is 33.4. The van der Waals surface area contributed by atoms with E-state index in [1.165, 1.54) is 38.5 Å². The van der Waals surface area contributed by atoms with E-state index in [-0.39, 0.29) is 0 Å². The van der Waals surface area contributed by atoms with Crippen LogP contribution in [0.2, 0.25) is 0 Å². The highest BCUT2D eigenvalue weighted by Gasteiger charge is 2.24. The number of aromatic nitrogens is 1. The van der Waals surface area contributed by atoms with Crippen molar-refractivity contribution in [3.05, 3.63) is 236 Å². The second-order valence-corrected chi connectivity index (χ2v) is 16.0. The van der Waals surface area contributed by atoms with Gasteiger partial charge in [0, 0.05) is 61.6 Å². The SMILES string of the molecule is C1=CC2C=CC=C(c3ccc(N(c4ccc(-c5ccccc5-n5c6ccccc6c6ccccc65)cc4)c4ccc(-c5cccc6c5oc5ccccc56)cc4)cc3)C2C=C1. The maximum atomic E-state index is 6.44. The molecule has 2 aliphatic rings. The number of benzene rings is 8. The van der Waals surface area contributed by atoms with E-state index >= 15 is 0 Å². The van der Waals surface area contributed by atoms with Gasteiger partial charge in [0.05, 0.1) is 16.7 Å². The van der Waals surface area contributed by atoms with Crippen molar-refractivity contribution in [2.75, 3.05) is 4.90 Å². The van der Waals surface area contributed by atoms with Gasteiger partial charge in [-0.15, -0.1) is 0 Å². The molecule has 0 N–H and O–H groups in total. The molecule has 288 valence electrons. The van der Waals surface area contributed by atoms with Gasteiger partial charge in [-0.1, -0.05) is 170 Å². The Bertz CT molecular complexity index is 3360. The molecule has 0 spiro atoms. The lowest BCUT2D eigenvalue weighted by Gasteiger charge is -2.29. The molecule has 12 rings (SSSR count). The van der Waals surface area contributed by atoms with Crippen molar-refractivity contribution in [2.45, 2.75) is 0 Å². The third kappa shape index (κ3) is 5.89. The van der Waals surface area contributed by atoms with Crippen molar-refractivity contribution in [1.29, 1.82) is 0 Å². The maximum absolute atomic E-state index is 6.44. The number of hydrogen-bond acceptors (Lipinski definition) is 2. The Kier molecular flexibility index (Phi) is 8.31. The fourth-order valence-corrected chi connectivity index (χ4v) is 9.71. The van der Waals surface area contributed by atoms with Crippen LogP contribution >= 0.6 is 0 Å². The van der Waals surface area contributed by atoms with Crippen LogP contribution in [-0.2, 0) is 0 Å². The van der Waals surface area contributed by atoms with E-state index in [2.05, 4.69) is 228 Å². The highest BCUT2D eigenvalue weighted by molar-refractivity contribution is 6.10. The van der Waals surface area contributed by atoms with E-state index < -0.39 is 0 Å². The van der Waals surface area contributed by atoms with E-state index in [9.17, 15) is 0 Å². The number of hydrogen-bond donors (Lipinski definition) is 0. The summed E-state index contributed by atoms with van der Waals surface area (Å²) in [5.41, 5.74) is 15.8. The molecule has 0 bridgehead atoms. The van der Waals surface area contributed by atoms with Crippen LogP contribution in [0.4, 0.5) is 17.1 Å². The summed E-state index contributed by atoms with van der Waals surface area (Å²) in [6, 6.07) is 67.9. The molecule has 3 heteroatoms. The molecular formula is C58H40N2O. The van der Waals surface area contributed by atoms with Crippen molar-refractivity contribution < 1.29 is 4.42 Å². The first-order valence-electron chi connectivity index (χ1n) is 21.1. The molecule has 0 saturated heterocycles. The molecule has 2 aromatic heterocycles. The van der Waals surface area contributed by atoms with Gasteiger partial charge in [0.15, 0.2) is 0 Å². The van der Waals surface area contributed by atoms with E-state index in [0.29, 0.717) is 11.8 Å². The molecule has 0 radical (unpaired) electrons. The Hall–Kier alpha value is -7.88. The number of para-hydroxylation sites is 5. The lowest BCUT2D eigenvalue weighted by atomic mass is 9.77. The molecule has 2 aliphatic carbocycles. The van der Waals surface area contributed by atoms with Gasteiger partial charge < -0.3 is 13.9 Å². The summed E-state index contributed by atoms with van der Waals surface area (Å²) in [4.78, 5) is 2.36. The minimum absolute atomic E-state index is 0.346. The average molecular weight is 781 g/mol. The molecule has 2 heterocycles. The smallest absolute Gasteiger partial charge is 0.143 e. The number of anilines is 3. The van der Waals surface area contributed by atoms with Crippen molar-refractivity contribution in [3.8, 4) is 27.9 Å². The van der Waals surface area contributed by atoms with Gasteiger partial charge in [-0.25, -0.2) is 0 Å². The topological polar surface area (TPSA) is 21.3 Å². The molecule has 0 amide bonds. The van der Waals surface area contributed by atoms with Crippen molar-refractivity contribution in [3.63, 3.8) is 0 Å². The van der Waals surface area contributed by atoms with Gasteiger partial charge in [0.2, 0.25) is 0 Å². The van der Waals surface area contributed by atoms with Crippen LogP contribution in [0.3, 0.4) is 0 Å². The van der Waals surface area contributed by atoms with E-state index in [4.69, 9.17) is 4.42 Å². The summed E-state index contributed by atoms with van der Waals surface area (Å²) in [6.07, 6.45) is 15.7. The van der Waals surface area contributed by atoms with Crippen LogP contribution in [0, 0.1) is 11.8 Å². The second-order valence-electron chi connectivity index (χ2n) is 16.0. The lowest BCUT2D eigenvalue weighted by Crippen LogP contribution is -2.15. The highest BCUT2D eigenvalue weighted by atomic mass is 16.3. The highest BCUT2D eigenvalue weighted by Crippen LogP contribution is 2.43. The Morgan fingerprint density at radius 2 is 0.934 bits per heavy atom. The maximum Gasteiger partial charge on any atom is 0.143 e. The van der Waals surface area contributed by atoms with Crippen LogP contribution in [0.1, 0.15) is 5.56 Å². The van der Waals surface area contributed by atoms with Crippen LogP contribution in [0.15, 0.2) is 235 Å². The van der Waals surface area contributed by atoms with Gasteiger partial charge >= 0.3 is 0 Å². The number of furan rings is 1. The molecule has 2 unspecified atom stereocenters. The van der Waals surface area contributed by atoms with Gasteiger partial charge in [-0.3, -0.25) is 0 Å². The first-order valence-corrected chi connectivity index (χ1v) is 21.1. The quantitative estimate of drug-likeness (QED) is 0.161. The van der Waals surface area contributed by atoms with E-state index in [1.54, 1.807) is 0 Å². The fraction of sp³-hybridized carbons (Fsp3) is 0.0345. The molecule has 0 aliphatic heterocycles. The zero-order valence-electron chi connectivity index (χ0n) is 33.4. The van der Waals surface area contributed by atoms with E-state index in [1.807, 2.05) is 12.1 Å². The normalized spacial score (nSPS) is 15.8. The standard InChI is InChI=1S/C58H40N2O/c1-2-15-46-39(13-1)14-11-20-47(46)40-27-33-43(34-28-40)59(45-37-31-42(32-38-45)49-21-12-22-53-52-19-6-10-26-57(52)61-58(49)53)44-35-29-41(30-36-44)48-16-3-7-23-54(48)60-55-24-8-4-17-50(55)51-18-5-9-25-56(51)60/h1-39,46H. The predicted molar refractivity (Wildman–Crippen MR) is 256 cm³/mol. The second kappa shape index (κ2) is 14.4.